The molecule has 0 spiro atoms. The van der Waals surface area contributed by atoms with E-state index in [1.54, 1.807) is 7.11 Å². The number of hydrogen-bond acceptors (Lipinski definition) is 5. The Labute approximate surface area is 146 Å². The van der Waals surface area contributed by atoms with Crippen LogP contribution in [0.5, 0.6) is 5.75 Å². The third-order valence-electron chi connectivity index (χ3n) is 4.79. The molecule has 25 heavy (non-hydrogen) atoms. The molecule has 0 saturated heterocycles. The molecule has 3 aromatic rings. The van der Waals surface area contributed by atoms with Crippen molar-refractivity contribution >= 4 is 11.5 Å². The van der Waals surface area contributed by atoms with Gasteiger partial charge in [0.05, 0.1) is 25.1 Å². The number of benzene rings is 1. The van der Waals surface area contributed by atoms with Crippen molar-refractivity contribution in [3.8, 4) is 17.0 Å². The molecule has 1 aliphatic rings. The third-order valence-corrected chi connectivity index (χ3v) is 4.79. The van der Waals surface area contributed by atoms with Crippen molar-refractivity contribution in [2.75, 3.05) is 12.4 Å². The van der Waals surface area contributed by atoms with Crippen LogP contribution in [0.2, 0.25) is 0 Å². The molecule has 0 aliphatic heterocycles. The molecule has 0 atom stereocenters. The highest BCUT2D eigenvalue weighted by atomic mass is 16.5. The lowest BCUT2D eigenvalue weighted by molar-refractivity contribution is 0.126. The number of para-hydroxylation sites is 1. The molecule has 1 aliphatic carbocycles. The minimum absolute atomic E-state index is 0.153. The van der Waals surface area contributed by atoms with E-state index in [1.165, 1.54) is 0 Å². The van der Waals surface area contributed by atoms with E-state index in [0.717, 1.165) is 54.2 Å². The minimum atomic E-state index is -0.153. The van der Waals surface area contributed by atoms with Crippen LogP contribution in [0.4, 0.5) is 5.82 Å². The monoisotopic (exact) mass is 338 g/mol. The first kappa shape index (κ1) is 15.9. The lowest BCUT2D eigenvalue weighted by Gasteiger charge is -2.26. The molecule has 2 aromatic heterocycles. The van der Waals surface area contributed by atoms with Crippen molar-refractivity contribution in [1.82, 2.24) is 14.6 Å². The molecular formula is C19H22N4O2. The van der Waals surface area contributed by atoms with E-state index >= 15 is 0 Å². The second kappa shape index (κ2) is 6.72. The van der Waals surface area contributed by atoms with E-state index in [2.05, 4.69) is 10.3 Å². The van der Waals surface area contributed by atoms with Crippen LogP contribution in [-0.2, 0) is 0 Å². The van der Waals surface area contributed by atoms with Crippen molar-refractivity contribution in [1.29, 1.82) is 0 Å². The molecule has 0 radical (unpaired) electrons. The van der Waals surface area contributed by atoms with Crippen LogP contribution in [0.25, 0.3) is 16.9 Å². The van der Waals surface area contributed by atoms with E-state index in [4.69, 9.17) is 9.84 Å². The molecular weight excluding hydrogens is 316 g/mol. The summed E-state index contributed by atoms with van der Waals surface area (Å²) < 4.78 is 7.32. The van der Waals surface area contributed by atoms with Gasteiger partial charge in [0.2, 0.25) is 0 Å². The van der Waals surface area contributed by atoms with Crippen LogP contribution in [-0.4, -0.2) is 39.0 Å². The smallest absolute Gasteiger partial charge is 0.154 e. The van der Waals surface area contributed by atoms with Crippen molar-refractivity contribution in [2.45, 2.75) is 37.8 Å². The highest BCUT2D eigenvalue weighted by Crippen LogP contribution is 2.30. The van der Waals surface area contributed by atoms with Gasteiger partial charge in [-0.1, -0.05) is 12.1 Å². The zero-order chi connectivity index (χ0) is 17.2. The lowest BCUT2D eigenvalue weighted by atomic mass is 9.93. The van der Waals surface area contributed by atoms with Gasteiger partial charge in [-0.15, -0.1) is 5.10 Å². The van der Waals surface area contributed by atoms with Gasteiger partial charge in [-0.3, -0.25) is 0 Å². The number of aliphatic hydroxyl groups excluding tert-OH is 1. The summed E-state index contributed by atoms with van der Waals surface area (Å²) in [7, 11) is 1.67. The van der Waals surface area contributed by atoms with E-state index in [-0.39, 0.29) is 6.10 Å². The number of imidazole rings is 1. The van der Waals surface area contributed by atoms with Crippen molar-refractivity contribution in [3.05, 3.63) is 42.6 Å². The summed E-state index contributed by atoms with van der Waals surface area (Å²) in [6.07, 6.45) is 5.28. The van der Waals surface area contributed by atoms with Gasteiger partial charge >= 0.3 is 0 Å². The highest BCUT2D eigenvalue weighted by Gasteiger charge is 2.20. The maximum atomic E-state index is 9.65. The number of ether oxygens (including phenoxy) is 1. The maximum absolute atomic E-state index is 9.65. The van der Waals surface area contributed by atoms with Crippen LogP contribution < -0.4 is 10.1 Å². The number of fused-ring (bicyclic) bond motifs is 1. The molecule has 6 nitrogen and oxygen atoms in total. The fourth-order valence-corrected chi connectivity index (χ4v) is 3.42. The standard InChI is InChI=1S/C19H22N4O2/c1-25-17-5-3-2-4-15(17)16-12-20-19-11-10-18(22-23(16)19)21-13-6-8-14(24)9-7-13/h2-5,10-14,24H,6-9H2,1H3,(H,21,22). The Kier molecular flexibility index (Phi) is 4.28. The fraction of sp³-hybridized carbons (Fsp3) is 0.368. The molecule has 0 bridgehead atoms. The first-order chi connectivity index (χ1) is 12.2. The van der Waals surface area contributed by atoms with Crippen molar-refractivity contribution < 1.29 is 9.84 Å². The minimum Gasteiger partial charge on any atom is -0.496 e. The van der Waals surface area contributed by atoms with Crippen LogP contribution >= 0.6 is 0 Å². The van der Waals surface area contributed by atoms with Crippen molar-refractivity contribution in [3.63, 3.8) is 0 Å². The molecule has 0 amide bonds. The Morgan fingerprint density at radius 1 is 1.12 bits per heavy atom. The molecule has 130 valence electrons. The topological polar surface area (TPSA) is 71.7 Å². The van der Waals surface area contributed by atoms with Gasteiger partial charge in [0.25, 0.3) is 0 Å². The Morgan fingerprint density at radius 3 is 2.72 bits per heavy atom. The first-order valence-electron chi connectivity index (χ1n) is 8.67. The van der Waals surface area contributed by atoms with Gasteiger partial charge < -0.3 is 15.2 Å². The third kappa shape index (κ3) is 3.17. The van der Waals surface area contributed by atoms with Crippen LogP contribution in [0.3, 0.4) is 0 Å². The summed E-state index contributed by atoms with van der Waals surface area (Å²) in [4.78, 5) is 4.45. The number of anilines is 1. The van der Waals surface area contributed by atoms with Crippen LogP contribution in [0.15, 0.2) is 42.6 Å². The molecule has 4 rings (SSSR count). The maximum Gasteiger partial charge on any atom is 0.154 e. The highest BCUT2D eigenvalue weighted by molar-refractivity contribution is 5.69. The second-order valence-electron chi connectivity index (χ2n) is 6.48. The van der Waals surface area contributed by atoms with E-state index in [0.29, 0.717) is 6.04 Å². The number of hydrogen-bond donors (Lipinski definition) is 2. The largest absolute Gasteiger partial charge is 0.496 e. The number of nitrogens with one attached hydrogen (secondary N) is 1. The number of aliphatic hydroxyl groups is 1. The number of methoxy groups -OCH3 is 1. The lowest BCUT2D eigenvalue weighted by Crippen LogP contribution is -2.28. The van der Waals surface area contributed by atoms with E-state index in [1.807, 2.05) is 47.1 Å². The Balaban J connectivity index is 1.66. The summed E-state index contributed by atoms with van der Waals surface area (Å²) in [5.41, 5.74) is 2.66. The van der Waals surface area contributed by atoms with Gasteiger partial charge in [0.1, 0.15) is 11.6 Å². The molecule has 1 fully saturated rings. The zero-order valence-electron chi connectivity index (χ0n) is 14.2. The summed E-state index contributed by atoms with van der Waals surface area (Å²) >= 11 is 0. The summed E-state index contributed by atoms with van der Waals surface area (Å²) in [6, 6.07) is 12.1. The van der Waals surface area contributed by atoms with Crippen molar-refractivity contribution in [2.24, 2.45) is 0 Å². The van der Waals surface area contributed by atoms with E-state index in [9.17, 15) is 5.11 Å². The van der Waals surface area contributed by atoms with Gasteiger partial charge in [-0.25, -0.2) is 9.50 Å². The summed E-state index contributed by atoms with van der Waals surface area (Å²) in [6.45, 7) is 0. The Hall–Kier alpha value is -2.60. The van der Waals surface area contributed by atoms with Gasteiger partial charge in [0.15, 0.2) is 5.65 Å². The second-order valence-corrected chi connectivity index (χ2v) is 6.48. The average Bonchev–Trinajstić information content (AvgIpc) is 3.06. The first-order valence-corrected chi connectivity index (χ1v) is 8.67. The molecule has 2 N–H and O–H groups in total. The molecule has 6 heteroatoms. The number of nitrogens with zero attached hydrogens (tertiary/aromatic N) is 3. The summed E-state index contributed by atoms with van der Waals surface area (Å²) in [5, 5.41) is 17.9. The molecule has 1 saturated carbocycles. The van der Waals surface area contributed by atoms with Crippen LogP contribution in [0.1, 0.15) is 25.7 Å². The predicted octanol–water partition coefficient (Wildman–Crippen LogP) is 3.12. The predicted molar refractivity (Wildman–Crippen MR) is 96.9 cm³/mol. The summed E-state index contributed by atoms with van der Waals surface area (Å²) in [5.74, 6) is 1.62. The molecule has 2 heterocycles. The number of rotatable bonds is 4. The van der Waals surface area contributed by atoms with Gasteiger partial charge in [-0.05, 0) is 49.9 Å². The van der Waals surface area contributed by atoms with Gasteiger partial charge in [0, 0.05) is 11.6 Å². The van der Waals surface area contributed by atoms with Crippen LogP contribution in [0, 0.1) is 0 Å². The van der Waals surface area contributed by atoms with Gasteiger partial charge in [-0.2, -0.15) is 0 Å². The molecule has 1 aromatic carbocycles. The SMILES string of the molecule is COc1ccccc1-c1cnc2ccc(NC3CCC(O)CC3)nn12. The number of aromatic nitrogens is 3. The molecule has 0 unspecified atom stereocenters. The quantitative estimate of drug-likeness (QED) is 0.765. The Morgan fingerprint density at radius 2 is 1.92 bits per heavy atom. The Bertz CT molecular complexity index is 869. The zero-order valence-corrected chi connectivity index (χ0v) is 14.2. The fourth-order valence-electron chi connectivity index (χ4n) is 3.42. The van der Waals surface area contributed by atoms with E-state index < -0.39 is 0 Å². The normalized spacial score (nSPS) is 20.6. The average molecular weight is 338 g/mol.